The summed E-state index contributed by atoms with van der Waals surface area (Å²) in [7, 11) is 0. The summed E-state index contributed by atoms with van der Waals surface area (Å²) in [4.78, 5) is 4.71. The van der Waals surface area contributed by atoms with Crippen molar-refractivity contribution in [2.75, 3.05) is 18.8 Å². The fourth-order valence-corrected chi connectivity index (χ4v) is 4.05. The Kier molecular flexibility index (Phi) is 11.5. The first-order valence-electron chi connectivity index (χ1n) is 8.80. The summed E-state index contributed by atoms with van der Waals surface area (Å²) in [5.74, 6) is 2.20. The van der Waals surface area contributed by atoms with Gasteiger partial charge in [0.25, 0.3) is 0 Å². The van der Waals surface area contributed by atoms with Crippen LogP contribution >= 0.6 is 35.7 Å². The number of aliphatic imine (C=N–C) groups is 1. The van der Waals surface area contributed by atoms with E-state index in [2.05, 4.69) is 46.4 Å². The molecule has 0 aromatic carbocycles. The van der Waals surface area contributed by atoms with Gasteiger partial charge in [0, 0.05) is 30.9 Å². The second-order valence-electron chi connectivity index (χ2n) is 5.90. The van der Waals surface area contributed by atoms with E-state index >= 15 is 0 Å². The van der Waals surface area contributed by atoms with Crippen LogP contribution in [0.15, 0.2) is 17.6 Å². The van der Waals surface area contributed by atoms with Crippen LogP contribution in [0.2, 0.25) is 0 Å². The van der Waals surface area contributed by atoms with E-state index in [0.717, 1.165) is 43.7 Å². The van der Waals surface area contributed by atoms with Gasteiger partial charge in [-0.2, -0.15) is 11.8 Å². The van der Waals surface area contributed by atoms with Crippen molar-refractivity contribution in [3.63, 3.8) is 0 Å². The smallest absolute Gasteiger partial charge is 0.191 e. The molecule has 2 atom stereocenters. The van der Waals surface area contributed by atoms with E-state index in [-0.39, 0.29) is 24.0 Å². The van der Waals surface area contributed by atoms with Gasteiger partial charge in [-0.1, -0.05) is 6.92 Å². The lowest BCUT2D eigenvalue weighted by Gasteiger charge is -2.17. The second kappa shape index (κ2) is 12.8. The summed E-state index contributed by atoms with van der Waals surface area (Å²) >= 11 is 2.09. The fourth-order valence-electron chi connectivity index (χ4n) is 2.91. The predicted octanol–water partition coefficient (Wildman–Crippen LogP) is 2.91. The Labute approximate surface area is 167 Å². The Morgan fingerprint density at radius 3 is 2.75 bits per heavy atom. The van der Waals surface area contributed by atoms with Crippen molar-refractivity contribution >= 4 is 41.7 Å². The number of hydrogen-bond donors (Lipinski definition) is 2. The number of unbranched alkanes of at least 4 members (excludes halogenated alkanes) is 1. The van der Waals surface area contributed by atoms with E-state index in [9.17, 15) is 0 Å². The number of aryl methyl sites for hydroxylation is 1. The van der Waals surface area contributed by atoms with Gasteiger partial charge in [0.15, 0.2) is 5.96 Å². The summed E-state index contributed by atoms with van der Waals surface area (Å²) in [6, 6.07) is 0.578. The van der Waals surface area contributed by atoms with Crippen LogP contribution in [-0.2, 0) is 6.54 Å². The summed E-state index contributed by atoms with van der Waals surface area (Å²) in [6.45, 7) is 7.10. The molecule has 8 heteroatoms. The van der Waals surface area contributed by atoms with Crippen molar-refractivity contribution in [2.24, 2.45) is 4.99 Å². The van der Waals surface area contributed by atoms with Gasteiger partial charge < -0.3 is 15.2 Å². The largest absolute Gasteiger partial charge is 0.357 e. The van der Waals surface area contributed by atoms with Crippen LogP contribution in [-0.4, -0.2) is 50.9 Å². The first-order valence-corrected chi connectivity index (χ1v) is 9.85. The van der Waals surface area contributed by atoms with E-state index in [1.54, 1.807) is 12.7 Å². The van der Waals surface area contributed by atoms with Crippen LogP contribution in [0.1, 0.15) is 46.0 Å². The van der Waals surface area contributed by atoms with Crippen LogP contribution in [0.4, 0.5) is 0 Å². The summed E-state index contributed by atoms with van der Waals surface area (Å²) in [6.07, 6.45) is 9.55. The van der Waals surface area contributed by atoms with E-state index in [0.29, 0.717) is 6.04 Å². The molecule has 0 radical (unpaired) electrons. The zero-order chi connectivity index (χ0) is 16.3. The van der Waals surface area contributed by atoms with Gasteiger partial charge in [-0.05, 0) is 44.8 Å². The molecule has 0 spiro atoms. The predicted molar refractivity (Wildman–Crippen MR) is 113 cm³/mol. The third-order valence-electron chi connectivity index (χ3n) is 4.03. The van der Waals surface area contributed by atoms with Gasteiger partial charge in [0.1, 0.15) is 12.7 Å². The third-order valence-corrected chi connectivity index (χ3v) is 5.27. The first kappa shape index (κ1) is 21.5. The molecule has 2 unspecified atom stereocenters. The number of rotatable bonds is 9. The highest BCUT2D eigenvalue weighted by Gasteiger charge is 2.24. The third kappa shape index (κ3) is 8.04. The van der Waals surface area contributed by atoms with E-state index in [4.69, 9.17) is 4.99 Å². The van der Waals surface area contributed by atoms with Crippen LogP contribution in [0.25, 0.3) is 0 Å². The average molecular weight is 466 g/mol. The molecule has 0 amide bonds. The van der Waals surface area contributed by atoms with Crippen LogP contribution < -0.4 is 10.6 Å². The van der Waals surface area contributed by atoms with Gasteiger partial charge in [0.2, 0.25) is 0 Å². The maximum Gasteiger partial charge on any atom is 0.191 e. The molecule has 138 valence electrons. The van der Waals surface area contributed by atoms with Crippen LogP contribution in [0.3, 0.4) is 0 Å². The lowest BCUT2D eigenvalue weighted by Crippen LogP contribution is -2.42. The molecule has 1 aliphatic rings. The first-order chi connectivity index (χ1) is 11.3. The fraction of sp³-hybridized carbons (Fsp3) is 0.812. The Morgan fingerprint density at radius 2 is 2.04 bits per heavy atom. The van der Waals surface area contributed by atoms with E-state index in [1.165, 1.54) is 25.0 Å². The highest BCUT2D eigenvalue weighted by molar-refractivity contribution is 14.0. The average Bonchev–Trinajstić information content (AvgIpc) is 3.19. The maximum atomic E-state index is 4.71. The van der Waals surface area contributed by atoms with Crippen molar-refractivity contribution < 1.29 is 0 Å². The Hall–Kier alpha value is -0.510. The molecule has 2 N–H and O–H groups in total. The molecule has 1 saturated carbocycles. The number of thioether (sulfide) groups is 1. The second-order valence-corrected chi connectivity index (χ2v) is 7.48. The molecule has 1 heterocycles. The van der Waals surface area contributed by atoms with Crippen molar-refractivity contribution in [3.8, 4) is 0 Å². The molecule has 0 aliphatic heterocycles. The van der Waals surface area contributed by atoms with Gasteiger partial charge in [-0.15, -0.1) is 34.2 Å². The monoisotopic (exact) mass is 466 g/mol. The van der Waals surface area contributed by atoms with Crippen molar-refractivity contribution in [1.29, 1.82) is 0 Å². The van der Waals surface area contributed by atoms with Crippen LogP contribution in [0, 0.1) is 0 Å². The van der Waals surface area contributed by atoms with Crippen molar-refractivity contribution in [3.05, 3.63) is 12.7 Å². The van der Waals surface area contributed by atoms with Gasteiger partial charge in [0.05, 0.1) is 0 Å². The molecule has 0 saturated heterocycles. The minimum Gasteiger partial charge on any atom is -0.357 e. The number of hydrogen-bond acceptors (Lipinski definition) is 4. The standard InChI is InChI=1S/C16H30N6S.HI/c1-3-17-16(21-14-7-8-15(11-14)23-4-2)18-9-5-6-10-22-12-19-20-13-22;/h12-15H,3-11H2,1-2H3,(H2,17,18,21);1H. The summed E-state index contributed by atoms with van der Waals surface area (Å²) in [5.41, 5.74) is 0. The molecule has 24 heavy (non-hydrogen) atoms. The SMILES string of the molecule is CCNC(=NCCCCn1cnnc1)NC1CCC(SCC)C1.I. The lowest BCUT2D eigenvalue weighted by atomic mass is 10.2. The van der Waals surface area contributed by atoms with Crippen molar-refractivity contribution in [1.82, 2.24) is 25.4 Å². The maximum absolute atomic E-state index is 4.71. The zero-order valence-corrected chi connectivity index (χ0v) is 17.9. The molecule has 1 aliphatic carbocycles. The number of halogens is 1. The number of nitrogens with zero attached hydrogens (tertiary/aromatic N) is 4. The number of guanidine groups is 1. The topological polar surface area (TPSA) is 67.1 Å². The molecule has 2 rings (SSSR count). The molecule has 6 nitrogen and oxygen atoms in total. The lowest BCUT2D eigenvalue weighted by molar-refractivity contribution is 0.599. The molecule has 0 bridgehead atoms. The molecular formula is C16H31IN6S. The zero-order valence-electron chi connectivity index (χ0n) is 14.8. The minimum absolute atomic E-state index is 0. The van der Waals surface area contributed by atoms with Gasteiger partial charge in [-0.3, -0.25) is 4.99 Å². The van der Waals surface area contributed by atoms with Crippen molar-refractivity contribution in [2.45, 2.75) is 63.8 Å². The van der Waals surface area contributed by atoms with Gasteiger partial charge >= 0.3 is 0 Å². The van der Waals surface area contributed by atoms with E-state index in [1.807, 2.05) is 4.57 Å². The van der Waals surface area contributed by atoms with E-state index < -0.39 is 0 Å². The molecule has 1 aromatic heterocycles. The molecule has 1 aromatic rings. The minimum atomic E-state index is 0. The number of aromatic nitrogens is 3. The van der Waals surface area contributed by atoms with Crippen LogP contribution in [0.5, 0.6) is 0 Å². The normalized spacial score (nSPS) is 20.7. The Bertz CT molecular complexity index is 453. The highest BCUT2D eigenvalue weighted by atomic mass is 127. The quantitative estimate of drug-likeness (QED) is 0.254. The molecular weight excluding hydrogens is 435 g/mol. The summed E-state index contributed by atoms with van der Waals surface area (Å²) in [5, 5.41) is 15.4. The Morgan fingerprint density at radius 1 is 1.25 bits per heavy atom. The number of nitrogens with one attached hydrogen (secondary N) is 2. The van der Waals surface area contributed by atoms with Gasteiger partial charge in [-0.25, -0.2) is 0 Å². The summed E-state index contributed by atoms with van der Waals surface area (Å²) < 4.78 is 2.01. The Balaban J connectivity index is 0.00000288. The highest BCUT2D eigenvalue weighted by Crippen LogP contribution is 2.29. The molecule has 1 fully saturated rings.